The molecule has 2 nitrogen and oxygen atoms in total. The van der Waals surface area contributed by atoms with Gasteiger partial charge in [0.05, 0.1) is 0 Å². The SMILES string of the molecule is C=CC(=O)c1ccc(-c2ccc(C#Cc3ccc(C#Cc4ccc(-c5ccc(C(=O)C=C)cc5)cc4)c(C)c3)cc2)cc1. The largest absolute Gasteiger partial charge is 0.289 e. The van der Waals surface area contributed by atoms with Crippen molar-refractivity contribution in [2.75, 3.05) is 0 Å². The second-order valence-electron chi connectivity index (χ2n) is 9.98. The van der Waals surface area contributed by atoms with Crippen LogP contribution < -0.4 is 0 Å². The van der Waals surface area contributed by atoms with E-state index in [2.05, 4.69) is 42.9 Å². The highest BCUT2D eigenvalue weighted by Gasteiger charge is 2.04. The zero-order valence-corrected chi connectivity index (χ0v) is 23.9. The highest BCUT2D eigenvalue weighted by molar-refractivity contribution is 6.04. The van der Waals surface area contributed by atoms with Crippen LogP contribution in [0.1, 0.15) is 48.5 Å². The molecular weight excluding hydrogens is 524 g/mol. The van der Waals surface area contributed by atoms with Gasteiger partial charge in [-0.2, -0.15) is 0 Å². The molecule has 5 aromatic carbocycles. The maximum Gasteiger partial charge on any atom is 0.185 e. The molecule has 43 heavy (non-hydrogen) atoms. The molecule has 0 amide bonds. The van der Waals surface area contributed by atoms with Crippen LogP contribution in [0.5, 0.6) is 0 Å². The molecule has 204 valence electrons. The Hall–Kier alpha value is -5.96. The molecule has 0 aromatic heterocycles. The summed E-state index contributed by atoms with van der Waals surface area (Å²) in [5.74, 6) is 12.9. The van der Waals surface area contributed by atoms with Gasteiger partial charge in [0.2, 0.25) is 0 Å². The predicted octanol–water partition coefficient (Wildman–Crippen LogP) is 8.87. The van der Waals surface area contributed by atoms with E-state index in [0.717, 1.165) is 50.1 Å². The number of aryl methyl sites for hydroxylation is 1. The first-order chi connectivity index (χ1) is 20.9. The van der Waals surface area contributed by atoms with Gasteiger partial charge in [-0.25, -0.2) is 0 Å². The van der Waals surface area contributed by atoms with Crippen LogP contribution in [0.3, 0.4) is 0 Å². The van der Waals surface area contributed by atoms with E-state index in [1.165, 1.54) is 12.2 Å². The zero-order valence-electron chi connectivity index (χ0n) is 23.9. The average molecular weight is 553 g/mol. The van der Waals surface area contributed by atoms with Crippen molar-refractivity contribution in [1.82, 2.24) is 0 Å². The molecule has 0 N–H and O–H groups in total. The third-order valence-electron chi connectivity index (χ3n) is 7.07. The first kappa shape index (κ1) is 28.6. The lowest BCUT2D eigenvalue weighted by molar-refractivity contribution is 0.103. The van der Waals surface area contributed by atoms with Crippen molar-refractivity contribution >= 4 is 11.6 Å². The summed E-state index contributed by atoms with van der Waals surface area (Å²) in [4.78, 5) is 23.5. The van der Waals surface area contributed by atoms with Gasteiger partial charge in [-0.05, 0) is 89.4 Å². The Balaban J connectivity index is 1.24. The van der Waals surface area contributed by atoms with E-state index in [0.29, 0.717) is 11.1 Å². The molecule has 5 aromatic rings. The quantitative estimate of drug-likeness (QED) is 0.120. The van der Waals surface area contributed by atoms with E-state index in [-0.39, 0.29) is 11.6 Å². The third-order valence-corrected chi connectivity index (χ3v) is 7.07. The Morgan fingerprint density at radius 3 is 1.23 bits per heavy atom. The Kier molecular flexibility index (Phi) is 8.73. The Morgan fingerprint density at radius 2 is 0.837 bits per heavy atom. The van der Waals surface area contributed by atoms with Crippen LogP contribution in [-0.4, -0.2) is 11.6 Å². The van der Waals surface area contributed by atoms with Crippen LogP contribution in [-0.2, 0) is 0 Å². The van der Waals surface area contributed by atoms with Gasteiger partial charge in [0.1, 0.15) is 0 Å². The first-order valence-electron chi connectivity index (χ1n) is 13.8. The van der Waals surface area contributed by atoms with Crippen molar-refractivity contribution < 1.29 is 9.59 Å². The molecule has 0 unspecified atom stereocenters. The normalized spacial score (nSPS) is 9.98. The average Bonchev–Trinajstić information content (AvgIpc) is 3.07. The Bertz CT molecular complexity index is 1950. The van der Waals surface area contributed by atoms with Crippen molar-refractivity contribution in [2.45, 2.75) is 6.92 Å². The maximum absolute atomic E-state index is 11.8. The van der Waals surface area contributed by atoms with Gasteiger partial charge < -0.3 is 0 Å². The minimum Gasteiger partial charge on any atom is -0.289 e. The van der Waals surface area contributed by atoms with Gasteiger partial charge in [0.25, 0.3) is 0 Å². The molecule has 0 saturated carbocycles. The monoisotopic (exact) mass is 552 g/mol. The lowest BCUT2D eigenvalue weighted by atomic mass is 10.0. The minimum atomic E-state index is -0.0818. The van der Waals surface area contributed by atoms with Crippen LogP contribution in [0.25, 0.3) is 22.3 Å². The minimum absolute atomic E-state index is 0.0817. The summed E-state index contributed by atoms with van der Waals surface area (Å²) >= 11 is 0. The molecule has 0 heterocycles. The molecule has 0 aliphatic rings. The van der Waals surface area contributed by atoms with Crippen LogP contribution in [0.15, 0.2) is 141 Å². The number of allylic oxidation sites excluding steroid dienone is 2. The highest BCUT2D eigenvalue weighted by Crippen LogP contribution is 2.22. The smallest absolute Gasteiger partial charge is 0.185 e. The molecule has 0 bridgehead atoms. The van der Waals surface area contributed by atoms with Crippen molar-refractivity contribution in [3.8, 4) is 45.9 Å². The summed E-state index contributed by atoms with van der Waals surface area (Å²) in [5, 5.41) is 0. The molecule has 0 radical (unpaired) electrons. The standard InChI is InChI=1S/C41H28O2/c1-4-40(42)38-24-20-36(21-25-38)34-16-9-30(10-17-34)6-7-32-13-15-33(29(3)28-32)14-8-31-11-18-35(19-12-31)37-22-26-39(27-23-37)41(43)5-2/h4-5,9-13,15-28H,1-2H2,3H3. The van der Waals surface area contributed by atoms with E-state index in [1.807, 2.05) is 116 Å². The maximum atomic E-state index is 11.8. The zero-order chi connectivity index (χ0) is 30.2. The second kappa shape index (κ2) is 13.1. The van der Waals surface area contributed by atoms with Gasteiger partial charge >= 0.3 is 0 Å². The number of hydrogen-bond donors (Lipinski definition) is 0. The molecule has 0 saturated heterocycles. The second-order valence-corrected chi connectivity index (χ2v) is 9.98. The summed E-state index contributed by atoms with van der Waals surface area (Å²) in [6, 6.07) is 37.2. The summed E-state index contributed by atoms with van der Waals surface area (Å²) < 4.78 is 0. The van der Waals surface area contributed by atoms with Gasteiger partial charge in [-0.15, -0.1) is 0 Å². The molecule has 0 atom stereocenters. The van der Waals surface area contributed by atoms with Gasteiger partial charge in [-0.1, -0.05) is 110 Å². The first-order valence-corrected chi connectivity index (χ1v) is 13.8. The third kappa shape index (κ3) is 7.04. The highest BCUT2D eigenvalue weighted by atomic mass is 16.1. The molecule has 5 rings (SSSR count). The van der Waals surface area contributed by atoms with Gasteiger partial charge in [0, 0.05) is 33.4 Å². The van der Waals surface area contributed by atoms with Gasteiger partial charge in [0.15, 0.2) is 11.6 Å². The molecular formula is C41H28O2. The van der Waals surface area contributed by atoms with Crippen LogP contribution in [0, 0.1) is 30.6 Å². The molecule has 0 spiro atoms. The van der Waals surface area contributed by atoms with E-state index in [4.69, 9.17) is 0 Å². The fourth-order valence-corrected chi connectivity index (χ4v) is 4.55. The van der Waals surface area contributed by atoms with Crippen molar-refractivity contribution in [1.29, 1.82) is 0 Å². The summed E-state index contributed by atoms with van der Waals surface area (Å²) in [6.07, 6.45) is 2.65. The lowest BCUT2D eigenvalue weighted by Crippen LogP contribution is -1.92. The van der Waals surface area contributed by atoms with Crippen molar-refractivity contribution in [3.05, 3.63) is 180 Å². The Morgan fingerprint density at radius 1 is 0.488 bits per heavy atom. The van der Waals surface area contributed by atoms with Crippen LogP contribution in [0.2, 0.25) is 0 Å². The number of carbonyl (C=O) groups is 2. The number of carbonyl (C=O) groups excluding carboxylic acids is 2. The van der Waals surface area contributed by atoms with Crippen molar-refractivity contribution in [2.24, 2.45) is 0 Å². The number of rotatable bonds is 6. The molecule has 0 aliphatic carbocycles. The van der Waals surface area contributed by atoms with E-state index in [9.17, 15) is 9.59 Å². The fourth-order valence-electron chi connectivity index (χ4n) is 4.55. The molecule has 0 aliphatic heterocycles. The summed E-state index contributed by atoms with van der Waals surface area (Å²) in [7, 11) is 0. The predicted molar refractivity (Wildman–Crippen MR) is 176 cm³/mol. The molecule has 2 heteroatoms. The van der Waals surface area contributed by atoms with E-state index >= 15 is 0 Å². The number of hydrogen-bond acceptors (Lipinski definition) is 2. The van der Waals surface area contributed by atoms with Crippen LogP contribution >= 0.6 is 0 Å². The Labute approximate surface area is 253 Å². The topological polar surface area (TPSA) is 34.1 Å². The number of benzene rings is 5. The van der Waals surface area contributed by atoms with E-state index < -0.39 is 0 Å². The number of ketones is 2. The molecule has 0 fully saturated rings. The fraction of sp³-hybridized carbons (Fsp3) is 0.0244. The lowest BCUT2D eigenvalue weighted by Gasteiger charge is -2.03. The van der Waals surface area contributed by atoms with Crippen molar-refractivity contribution in [3.63, 3.8) is 0 Å². The van der Waals surface area contributed by atoms with Crippen LogP contribution in [0.4, 0.5) is 0 Å². The summed E-state index contributed by atoms with van der Waals surface area (Å²) in [6.45, 7) is 9.12. The van der Waals surface area contributed by atoms with Gasteiger partial charge in [-0.3, -0.25) is 9.59 Å². The summed E-state index contributed by atoms with van der Waals surface area (Å²) in [5.41, 5.74) is 10.3. The van der Waals surface area contributed by atoms with E-state index in [1.54, 1.807) is 0 Å².